The number of carbonyl (C=O) groups is 5. The molecule has 0 aliphatic rings. The highest BCUT2D eigenvalue weighted by atomic mass is 16.2. The van der Waals surface area contributed by atoms with Gasteiger partial charge in [-0.25, -0.2) is 0 Å². The minimum absolute atomic E-state index is 0.0557. The average molecular weight is 482 g/mol. The normalized spacial score (nSPS) is 12.1. The second kappa shape index (κ2) is 14.1. The first-order chi connectivity index (χ1) is 16.7. The maximum atomic E-state index is 12.9. The Bertz CT molecular complexity index is 1010. The predicted octanol–water partition coefficient (Wildman–Crippen LogP) is -0.301. The van der Waals surface area contributed by atoms with Crippen molar-refractivity contribution in [3.8, 4) is 0 Å². The lowest BCUT2D eigenvalue weighted by molar-refractivity contribution is -0.132. The van der Waals surface area contributed by atoms with Crippen LogP contribution >= 0.6 is 0 Å². The van der Waals surface area contributed by atoms with Crippen LogP contribution in [-0.2, 0) is 36.8 Å². The molecule has 0 spiro atoms. The molecule has 0 fully saturated rings. The largest absolute Gasteiger partial charge is 0.370 e. The Balaban J connectivity index is 1.96. The Labute approximate surface area is 203 Å². The number of primary amides is 2. The molecule has 0 aliphatic carbocycles. The first-order valence-corrected chi connectivity index (χ1v) is 11.3. The minimum Gasteiger partial charge on any atom is -0.370 e. The maximum absolute atomic E-state index is 12.9. The van der Waals surface area contributed by atoms with Crippen molar-refractivity contribution < 1.29 is 24.0 Å². The Morgan fingerprint density at radius 2 is 1.31 bits per heavy atom. The van der Waals surface area contributed by atoms with E-state index in [1.54, 1.807) is 24.3 Å². The molecule has 0 bridgehead atoms. The molecule has 5 amide bonds. The summed E-state index contributed by atoms with van der Waals surface area (Å²) in [6.07, 6.45) is 0.693. The maximum Gasteiger partial charge on any atom is 0.243 e. The molecule has 2 atom stereocenters. The van der Waals surface area contributed by atoms with Gasteiger partial charge in [-0.2, -0.15) is 0 Å². The van der Waals surface area contributed by atoms with Crippen LogP contribution in [0.15, 0.2) is 60.7 Å². The second-order valence-electron chi connectivity index (χ2n) is 8.04. The number of hydrogen-bond donors (Lipinski definition) is 5. The van der Waals surface area contributed by atoms with E-state index < -0.39 is 35.7 Å². The van der Waals surface area contributed by atoms with Crippen molar-refractivity contribution in [2.24, 2.45) is 11.5 Å². The number of nitrogens with one attached hydrogen (secondary N) is 3. The van der Waals surface area contributed by atoms with Gasteiger partial charge in [-0.1, -0.05) is 60.7 Å². The third kappa shape index (κ3) is 10.5. The number of hydrogen-bond acceptors (Lipinski definition) is 5. The van der Waals surface area contributed by atoms with Gasteiger partial charge < -0.3 is 27.4 Å². The minimum atomic E-state index is -1.12. The molecule has 2 rings (SSSR count). The lowest BCUT2D eigenvalue weighted by Gasteiger charge is -2.22. The van der Waals surface area contributed by atoms with Crippen molar-refractivity contribution in [3.05, 3.63) is 71.8 Å². The molecule has 2 aromatic carbocycles. The van der Waals surface area contributed by atoms with Gasteiger partial charge in [0.25, 0.3) is 0 Å². The van der Waals surface area contributed by atoms with Crippen LogP contribution in [0, 0.1) is 0 Å². The predicted molar refractivity (Wildman–Crippen MR) is 129 cm³/mol. The van der Waals surface area contributed by atoms with E-state index in [1.165, 1.54) is 0 Å². The van der Waals surface area contributed by atoms with Crippen molar-refractivity contribution in [1.29, 1.82) is 0 Å². The average Bonchev–Trinajstić information content (AvgIpc) is 2.84. The third-order valence-corrected chi connectivity index (χ3v) is 5.20. The summed E-state index contributed by atoms with van der Waals surface area (Å²) in [6.45, 7) is -0.312. The van der Waals surface area contributed by atoms with Crippen LogP contribution in [0.2, 0.25) is 0 Å². The fourth-order valence-electron chi connectivity index (χ4n) is 3.32. The van der Waals surface area contributed by atoms with E-state index in [4.69, 9.17) is 11.5 Å². The molecule has 10 heteroatoms. The molecule has 0 radical (unpaired) electrons. The first-order valence-electron chi connectivity index (χ1n) is 11.3. The summed E-state index contributed by atoms with van der Waals surface area (Å²) in [4.78, 5) is 60.3. The van der Waals surface area contributed by atoms with E-state index in [2.05, 4.69) is 16.0 Å². The SMILES string of the molecule is NC(=O)CC[C@H](NC(=O)[C@H](Cc1ccccc1)NC(=O)CNC(=O)CCc1ccccc1)C(N)=O. The molecule has 0 saturated heterocycles. The summed E-state index contributed by atoms with van der Waals surface area (Å²) < 4.78 is 0. The zero-order chi connectivity index (χ0) is 25.6. The molecule has 0 heterocycles. The molecule has 7 N–H and O–H groups in total. The lowest BCUT2D eigenvalue weighted by Crippen LogP contribution is -2.55. The summed E-state index contributed by atoms with van der Waals surface area (Å²) in [7, 11) is 0. The van der Waals surface area contributed by atoms with Crippen molar-refractivity contribution in [3.63, 3.8) is 0 Å². The van der Waals surface area contributed by atoms with Crippen LogP contribution in [0.4, 0.5) is 0 Å². The molecular weight excluding hydrogens is 450 g/mol. The summed E-state index contributed by atoms with van der Waals surface area (Å²) in [5.41, 5.74) is 12.2. The van der Waals surface area contributed by atoms with Crippen molar-refractivity contribution in [2.45, 2.75) is 44.2 Å². The van der Waals surface area contributed by atoms with Gasteiger partial charge >= 0.3 is 0 Å². The molecule has 2 aromatic rings. The Morgan fingerprint density at radius 1 is 0.714 bits per heavy atom. The van der Waals surface area contributed by atoms with Gasteiger partial charge in [-0.15, -0.1) is 0 Å². The smallest absolute Gasteiger partial charge is 0.243 e. The lowest BCUT2D eigenvalue weighted by atomic mass is 10.0. The fourth-order valence-corrected chi connectivity index (χ4v) is 3.32. The summed E-state index contributed by atoms with van der Waals surface area (Å²) in [6, 6.07) is 16.3. The number of amides is 5. The van der Waals surface area contributed by atoms with Gasteiger partial charge in [0.15, 0.2) is 0 Å². The first kappa shape index (κ1) is 27.0. The molecule has 186 valence electrons. The molecule has 0 saturated carbocycles. The van der Waals surface area contributed by atoms with Crippen molar-refractivity contribution >= 4 is 29.5 Å². The standard InChI is InChI=1S/C25H31N5O5/c26-21(31)13-12-19(24(27)34)30-25(35)20(15-18-9-5-2-6-10-18)29-23(33)16-28-22(32)14-11-17-7-3-1-4-8-17/h1-10,19-20H,11-16H2,(H2,26,31)(H2,27,34)(H,28,32)(H,29,33)(H,30,35)/t19-,20-/m0/s1. The van der Waals surface area contributed by atoms with Gasteiger partial charge in [-0.05, 0) is 24.0 Å². The summed E-state index contributed by atoms with van der Waals surface area (Å²) in [5, 5.41) is 7.62. The van der Waals surface area contributed by atoms with Crippen LogP contribution in [0.25, 0.3) is 0 Å². The molecule has 0 aliphatic heterocycles. The van der Waals surface area contributed by atoms with Crippen molar-refractivity contribution in [1.82, 2.24) is 16.0 Å². The molecule has 10 nitrogen and oxygen atoms in total. The molecule has 0 unspecified atom stereocenters. The quantitative estimate of drug-likeness (QED) is 0.249. The fraction of sp³-hybridized carbons (Fsp3) is 0.320. The Hall–Kier alpha value is -4.21. The molecule has 35 heavy (non-hydrogen) atoms. The molecule has 0 aromatic heterocycles. The van der Waals surface area contributed by atoms with Gasteiger partial charge in [0.2, 0.25) is 29.5 Å². The zero-order valence-electron chi connectivity index (χ0n) is 19.4. The van der Waals surface area contributed by atoms with Gasteiger partial charge in [-0.3, -0.25) is 24.0 Å². The number of aryl methyl sites for hydroxylation is 1. The highest BCUT2D eigenvalue weighted by molar-refractivity contribution is 5.93. The van der Waals surface area contributed by atoms with Gasteiger partial charge in [0.1, 0.15) is 12.1 Å². The Kier molecular flexibility index (Phi) is 10.9. The van der Waals surface area contributed by atoms with Crippen LogP contribution in [0.3, 0.4) is 0 Å². The monoisotopic (exact) mass is 481 g/mol. The van der Waals surface area contributed by atoms with E-state index in [-0.39, 0.29) is 38.1 Å². The van der Waals surface area contributed by atoms with E-state index in [1.807, 2.05) is 36.4 Å². The Morgan fingerprint density at radius 3 is 1.89 bits per heavy atom. The summed E-state index contributed by atoms with van der Waals surface area (Å²) in [5.74, 6) is -2.97. The van der Waals surface area contributed by atoms with Gasteiger partial charge in [0.05, 0.1) is 6.54 Å². The number of nitrogens with two attached hydrogens (primary N) is 2. The second-order valence-corrected chi connectivity index (χ2v) is 8.04. The molecular formula is C25H31N5O5. The van der Waals surface area contributed by atoms with E-state index >= 15 is 0 Å². The summed E-state index contributed by atoms with van der Waals surface area (Å²) >= 11 is 0. The van der Waals surface area contributed by atoms with Crippen molar-refractivity contribution in [2.75, 3.05) is 6.54 Å². The van der Waals surface area contributed by atoms with E-state index in [9.17, 15) is 24.0 Å². The third-order valence-electron chi connectivity index (χ3n) is 5.20. The number of rotatable bonds is 14. The van der Waals surface area contributed by atoms with E-state index in [0.717, 1.165) is 11.1 Å². The number of benzene rings is 2. The highest BCUT2D eigenvalue weighted by Gasteiger charge is 2.26. The highest BCUT2D eigenvalue weighted by Crippen LogP contribution is 2.06. The van der Waals surface area contributed by atoms with Crippen LogP contribution < -0.4 is 27.4 Å². The number of carbonyl (C=O) groups excluding carboxylic acids is 5. The zero-order valence-corrected chi connectivity index (χ0v) is 19.4. The topological polar surface area (TPSA) is 173 Å². The van der Waals surface area contributed by atoms with E-state index in [0.29, 0.717) is 6.42 Å². The van der Waals surface area contributed by atoms with Gasteiger partial charge in [0, 0.05) is 19.3 Å². The van der Waals surface area contributed by atoms with Crippen LogP contribution in [0.5, 0.6) is 0 Å². The van der Waals surface area contributed by atoms with Crippen LogP contribution in [-0.4, -0.2) is 48.2 Å². The van der Waals surface area contributed by atoms with Crippen LogP contribution in [0.1, 0.15) is 30.4 Å².